The first-order valence-electron chi connectivity index (χ1n) is 10.1. The van der Waals surface area contributed by atoms with Crippen LogP contribution in [0.4, 0.5) is 4.39 Å². The summed E-state index contributed by atoms with van der Waals surface area (Å²) in [6.07, 6.45) is 4.55. The SMILES string of the molecule is O=C(CCCc1ccc(F)cc1)NCC1CCN(CC2COCCO2)CC1. The molecule has 0 radical (unpaired) electrons. The quantitative estimate of drug-likeness (QED) is 0.755. The van der Waals surface area contributed by atoms with Gasteiger partial charge in [0.2, 0.25) is 5.91 Å². The van der Waals surface area contributed by atoms with Crippen LogP contribution in [0, 0.1) is 11.7 Å². The van der Waals surface area contributed by atoms with Gasteiger partial charge in [0, 0.05) is 19.5 Å². The van der Waals surface area contributed by atoms with E-state index in [4.69, 9.17) is 9.47 Å². The van der Waals surface area contributed by atoms with E-state index in [-0.39, 0.29) is 17.8 Å². The van der Waals surface area contributed by atoms with Crippen LogP contribution in [-0.4, -0.2) is 62.9 Å². The molecule has 2 aliphatic rings. The smallest absolute Gasteiger partial charge is 0.220 e. The molecule has 6 heteroatoms. The molecule has 0 bridgehead atoms. The molecule has 2 saturated heterocycles. The van der Waals surface area contributed by atoms with Gasteiger partial charge in [0.15, 0.2) is 0 Å². The molecule has 0 aliphatic carbocycles. The summed E-state index contributed by atoms with van der Waals surface area (Å²) in [6, 6.07) is 6.50. The number of nitrogens with one attached hydrogen (secondary N) is 1. The lowest BCUT2D eigenvalue weighted by atomic mass is 9.96. The number of piperidine rings is 1. The van der Waals surface area contributed by atoms with Crippen LogP contribution in [0.15, 0.2) is 24.3 Å². The minimum absolute atomic E-state index is 0.118. The summed E-state index contributed by atoms with van der Waals surface area (Å²) >= 11 is 0. The first-order valence-corrected chi connectivity index (χ1v) is 10.1. The van der Waals surface area contributed by atoms with Gasteiger partial charge < -0.3 is 19.7 Å². The number of halogens is 1. The molecule has 150 valence electrons. The summed E-state index contributed by atoms with van der Waals surface area (Å²) in [6.45, 7) is 5.95. The second-order valence-electron chi connectivity index (χ2n) is 7.60. The van der Waals surface area contributed by atoms with Crippen molar-refractivity contribution in [1.82, 2.24) is 10.2 Å². The van der Waals surface area contributed by atoms with Crippen LogP contribution in [0.5, 0.6) is 0 Å². The van der Waals surface area contributed by atoms with Crippen LogP contribution >= 0.6 is 0 Å². The van der Waals surface area contributed by atoms with Crippen molar-refractivity contribution >= 4 is 5.91 Å². The Morgan fingerprint density at radius 2 is 1.96 bits per heavy atom. The molecule has 2 heterocycles. The molecule has 0 aromatic heterocycles. The predicted octanol–water partition coefficient (Wildman–Crippen LogP) is 2.39. The highest BCUT2D eigenvalue weighted by molar-refractivity contribution is 5.75. The zero-order chi connectivity index (χ0) is 18.9. The Balaban J connectivity index is 1.24. The van der Waals surface area contributed by atoms with Gasteiger partial charge in [-0.1, -0.05) is 12.1 Å². The van der Waals surface area contributed by atoms with E-state index >= 15 is 0 Å². The first kappa shape index (κ1) is 20.2. The first-order chi connectivity index (χ1) is 13.2. The monoisotopic (exact) mass is 378 g/mol. The van der Waals surface area contributed by atoms with Crippen LogP contribution in [0.3, 0.4) is 0 Å². The molecule has 2 aliphatic heterocycles. The zero-order valence-corrected chi connectivity index (χ0v) is 16.0. The Kier molecular flexibility index (Phi) is 8.05. The van der Waals surface area contributed by atoms with E-state index in [1.807, 2.05) is 0 Å². The lowest BCUT2D eigenvalue weighted by Gasteiger charge is -2.35. The number of carbonyl (C=O) groups excluding carboxylic acids is 1. The maximum atomic E-state index is 12.9. The van der Waals surface area contributed by atoms with Gasteiger partial charge in [0.1, 0.15) is 5.82 Å². The highest BCUT2D eigenvalue weighted by Crippen LogP contribution is 2.17. The molecule has 3 rings (SSSR count). The standard InChI is InChI=1S/C21H31FN2O3/c22-19-6-4-17(5-7-19)2-1-3-21(25)23-14-18-8-10-24(11-9-18)15-20-16-26-12-13-27-20/h4-7,18,20H,1-3,8-16H2,(H,23,25). The third kappa shape index (κ3) is 7.20. The van der Waals surface area contributed by atoms with Gasteiger partial charge in [0.05, 0.1) is 25.9 Å². The molecule has 1 N–H and O–H groups in total. The summed E-state index contributed by atoms with van der Waals surface area (Å²) in [4.78, 5) is 14.5. The largest absolute Gasteiger partial charge is 0.376 e. The number of nitrogens with zero attached hydrogens (tertiary/aromatic N) is 1. The average Bonchev–Trinajstić information content (AvgIpc) is 2.70. The summed E-state index contributed by atoms with van der Waals surface area (Å²) in [5.74, 6) is 0.459. The minimum atomic E-state index is -0.220. The van der Waals surface area contributed by atoms with Crippen molar-refractivity contribution in [2.75, 3.05) is 46.0 Å². The lowest BCUT2D eigenvalue weighted by Crippen LogP contribution is -2.44. The van der Waals surface area contributed by atoms with E-state index in [1.54, 1.807) is 12.1 Å². The van der Waals surface area contributed by atoms with Crippen LogP contribution < -0.4 is 5.32 Å². The highest BCUT2D eigenvalue weighted by atomic mass is 19.1. The van der Waals surface area contributed by atoms with Gasteiger partial charge in [-0.2, -0.15) is 0 Å². The van der Waals surface area contributed by atoms with Gasteiger partial charge in [-0.05, 0) is 62.4 Å². The van der Waals surface area contributed by atoms with Crippen molar-refractivity contribution in [2.45, 2.75) is 38.2 Å². The van der Waals surface area contributed by atoms with Gasteiger partial charge >= 0.3 is 0 Å². The molecular weight excluding hydrogens is 347 g/mol. The van der Waals surface area contributed by atoms with Crippen molar-refractivity contribution in [2.24, 2.45) is 5.92 Å². The van der Waals surface area contributed by atoms with Crippen molar-refractivity contribution < 1.29 is 18.7 Å². The van der Waals surface area contributed by atoms with Crippen LogP contribution in [-0.2, 0) is 20.7 Å². The maximum absolute atomic E-state index is 12.9. The minimum Gasteiger partial charge on any atom is -0.376 e. The number of amides is 1. The fourth-order valence-corrected chi connectivity index (χ4v) is 3.75. The second kappa shape index (κ2) is 10.7. The summed E-state index contributed by atoms with van der Waals surface area (Å²) in [7, 11) is 0. The van der Waals surface area contributed by atoms with E-state index < -0.39 is 0 Å². The van der Waals surface area contributed by atoms with E-state index in [0.29, 0.717) is 32.2 Å². The number of hydrogen-bond acceptors (Lipinski definition) is 4. The van der Waals surface area contributed by atoms with Crippen molar-refractivity contribution in [3.63, 3.8) is 0 Å². The Labute approximate surface area is 161 Å². The Morgan fingerprint density at radius 1 is 1.19 bits per heavy atom. The molecule has 1 amide bonds. The van der Waals surface area contributed by atoms with Gasteiger partial charge in [-0.3, -0.25) is 4.79 Å². The van der Waals surface area contributed by atoms with Crippen LogP contribution in [0.2, 0.25) is 0 Å². The van der Waals surface area contributed by atoms with Crippen LogP contribution in [0.1, 0.15) is 31.2 Å². The second-order valence-corrected chi connectivity index (χ2v) is 7.60. The average molecular weight is 378 g/mol. The van der Waals surface area contributed by atoms with Crippen molar-refractivity contribution in [3.8, 4) is 0 Å². The molecule has 0 saturated carbocycles. The predicted molar refractivity (Wildman–Crippen MR) is 102 cm³/mol. The Bertz CT molecular complexity index is 567. The number of likely N-dealkylation sites (tertiary alicyclic amines) is 1. The van der Waals surface area contributed by atoms with Crippen LogP contribution in [0.25, 0.3) is 0 Å². The van der Waals surface area contributed by atoms with Gasteiger partial charge in [-0.15, -0.1) is 0 Å². The molecular formula is C21H31FN2O3. The maximum Gasteiger partial charge on any atom is 0.220 e. The molecule has 1 aromatic carbocycles. The summed E-state index contributed by atoms with van der Waals surface area (Å²) < 4.78 is 24.1. The summed E-state index contributed by atoms with van der Waals surface area (Å²) in [5.41, 5.74) is 1.07. The lowest BCUT2D eigenvalue weighted by molar-refractivity contribution is -0.121. The van der Waals surface area contributed by atoms with Crippen molar-refractivity contribution in [3.05, 3.63) is 35.6 Å². The third-order valence-electron chi connectivity index (χ3n) is 5.42. The van der Waals surface area contributed by atoms with E-state index in [1.165, 1.54) is 12.1 Å². The molecule has 2 fully saturated rings. The topological polar surface area (TPSA) is 50.8 Å². The molecule has 1 unspecified atom stereocenters. The fourth-order valence-electron chi connectivity index (χ4n) is 3.75. The third-order valence-corrected chi connectivity index (χ3v) is 5.42. The fraction of sp³-hybridized carbons (Fsp3) is 0.667. The number of hydrogen-bond donors (Lipinski definition) is 1. The number of rotatable bonds is 8. The van der Waals surface area contributed by atoms with E-state index in [2.05, 4.69) is 10.2 Å². The summed E-state index contributed by atoms with van der Waals surface area (Å²) in [5, 5.41) is 3.08. The Morgan fingerprint density at radius 3 is 2.67 bits per heavy atom. The number of carbonyl (C=O) groups is 1. The molecule has 0 spiro atoms. The zero-order valence-electron chi connectivity index (χ0n) is 16.0. The van der Waals surface area contributed by atoms with Gasteiger partial charge in [0.25, 0.3) is 0 Å². The van der Waals surface area contributed by atoms with Gasteiger partial charge in [-0.25, -0.2) is 4.39 Å². The molecule has 1 atom stereocenters. The number of aryl methyl sites for hydroxylation is 1. The molecule has 5 nitrogen and oxygen atoms in total. The Hall–Kier alpha value is -1.50. The number of ether oxygens (including phenoxy) is 2. The normalized spacial score (nSPS) is 21.9. The highest BCUT2D eigenvalue weighted by Gasteiger charge is 2.23. The van der Waals surface area contributed by atoms with E-state index in [0.717, 1.165) is 57.4 Å². The van der Waals surface area contributed by atoms with E-state index in [9.17, 15) is 9.18 Å². The molecule has 1 aromatic rings. The van der Waals surface area contributed by atoms with Crippen molar-refractivity contribution in [1.29, 1.82) is 0 Å². The number of benzene rings is 1. The molecule has 27 heavy (non-hydrogen) atoms.